The van der Waals surface area contributed by atoms with Crippen molar-refractivity contribution in [2.45, 2.75) is 6.54 Å². The molecule has 0 radical (unpaired) electrons. The van der Waals surface area contributed by atoms with Gasteiger partial charge in [0, 0.05) is 13.1 Å². The average Bonchev–Trinajstić information content (AvgIpc) is 2.28. The normalized spacial score (nSPS) is 10.5. The van der Waals surface area contributed by atoms with Gasteiger partial charge in [-0.3, -0.25) is 9.69 Å². The maximum Gasteiger partial charge on any atom is 0.231 e. The number of amides is 1. The highest BCUT2D eigenvalue weighted by atomic mass is 16.5. The van der Waals surface area contributed by atoms with E-state index in [2.05, 4.69) is 0 Å². The number of primary amides is 1. The van der Waals surface area contributed by atoms with E-state index in [1.807, 2.05) is 36.2 Å². The lowest BCUT2D eigenvalue weighted by atomic mass is 10.2. The number of rotatable bonds is 7. The van der Waals surface area contributed by atoms with Gasteiger partial charge in [0.25, 0.3) is 0 Å². The van der Waals surface area contributed by atoms with Gasteiger partial charge in [0.15, 0.2) is 0 Å². The highest BCUT2D eigenvalue weighted by Crippen LogP contribution is 2.12. The first-order valence-corrected chi connectivity index (χ1v) is 5.50. The largest absolute Gasteiger partial charge is 0.492 e. The molecule has 5 nitrogen and oxygen atoms in total. The summed E-state index contributed by atoms with van der Waals surface area (Å²) in [6, 6.07) is 7.65. The van der Waals surface area contributed by atoms with E-state index < -0.39 is 0 Å². The van der Waals surface area contributed by atoms with Crippen molar-refractivity contribution in [1.82, 2.24) is 4.90 Å². The second-order valence-electron chi connectivity index (χ2n) is 3.90. The number of carbonyl (C=O) groups excluding carboxylic acids is 1. The van der Waals surface area contributed by atoms with Crippen LogP contribution in [-0.4, -0.2) is 37.6 Å². The van der Waals surface area contributed by atoms with Gasteiger partial charge in [-0.2, -0.15) is 0 Å². The molecule has 94 valence electrons. The molecule has 0 spiro atoms. The van der Waals surface area contributed by atoms with E-state index in [1.165, 1.54) is 0 Å². The molecule has 0 heterocycles. The Morgan fingerprint density at radius 1 is 1.47 bits per heavy atom. The van der Waals surface area contributed by atoms with Crippen LogP contribution in [0.3, 0.4) is 0 Å². The molecule has 4 N–H and O–H groups in total. The molecule has 0 aliphatic heterocycles. The predicted octanol–water partition coefficient (Wildman–Crippen LogP) is -0.0588. The number of benzene rings is 1. The summed E-state index contributed by atoms with van der Waals surface area (Å²) in [6.07, 6.45) is 0. The molecule has 0 fully saturated rings. The standard InChI is InChI=1S/C12H19N3O2/c1-15(9-12(14)16)5-6-17-11-4-2-3-10(7-11)8-13/h2-4,7H,5-6,8-9,13H2,1H3,(H2,14,16). The van der Waals surface area contributed by atoms with Crippen LogP contribution >= 0.6 is 0 Å². The third-order valence-corrected chi connectivity index (χ3v) is 2.30. The third kappa shape index (κ3) is 5.33. The maximum absolute atomic E-state index is 10.7. The van der Waals surface area contributed by atoms with Crippen molar-refractivity contribution in [1.29, 1.82) is 0 Å². The van der Waals surface area contributed by atoms with Crippen molar-refractivity contribution in [3.05, 3.63) is 29.8 Å². The van der Waals surface area contributed by atoms with Crippen molar-refractivity contribution in [2.75, 3.05) is 26.7 Å². The van der Waals surface area contributed by atoms with Crippen molar-refractivity contribution < 1.29 is 9.53 Å². The number of ether oxygens (including phenoxy) is 1. The van der Waals surface area contributed by atoms with E-state index in [4.69, 9.17) is 16.2 Å². The molecular formula is C12H19N3O2. The molecule has 0 bridgehead atoms. The highest BCUT2D eigenvalue weighted by molar-refractivity contribution is 5.75. The fraction of sp³-hybridized carbons (Fsp3) is 0.417. The van der Waals surface area contributed by atoms with Crippen LogP contribution < -0.4 is 16.2 Å². The molecule has 0 aliphatic carbocycles. The fourth-order valence-electron chi connectivity index (χ4n) is 1.43. The molecule has 0 saturated carbocycles. The smallest absolute Gasteiger partial charge is 0.231 e. The second-order valence-corrected chi connectivity index (χ2v) is 3.90. The molecule has 17 heavy (non-hydrogen) atoms. The number of hydrogen-bond donors (Lipinski definition) is 2. The maximum atomic E-state index is 10.7. The van der Waals surface area contributed by atoms with E-state index in [1.54, 1.807) is 0 Å². The van der Waals surface area contributed by atoms with Gasteiger partial charge in [-0.25, -0.2) is 0 Å². The summed E-state index contributed by atoms with van der Waals surface area (Å²) in [5, 5.41) is 0. The number of hydrogen-bond acceptors (Lipinski definition) is 4. The summed E-state index contributed by atoms with van der Waals surface area (Å²) < 4.78 is 5.55. The Bertz CT molecular complexity index is 369. The Kier molecular flexibility index (Phi) is 5.45. The Labute approximate surface area is 101 Å². The van der Waals surface area contributed by atoms with Crippen LogP contribution in [0.4, 0.5) is 0 Å². The first-order chi connectivity index (χ1) is 8.11. The highest BCUT2D eigenvalue weighted by Gasteiger charge is 2.02. The molecule has 5 heteroatoms. The number of carbonyl (C=O) groups is 1. The molecule has 1 rings (SSSR count). The van der Waals surface area contributed by atoms with Gasteiger partial charge >= 0.3 is 0 Å². The number of nitrogens with two attached hydrogens (primary N) is 2. The lowest BCUT2D eigenvalue weighted by Gasteiger charge is -2.15. The lowest BCUT2D eigenvalue weighted by molar-refractivity contribution is -0.118. The SMILES string of the molecule is CN(CCOc1cccc(CN)c1)CC(N)=O. The quantitative estimate of drug-likeness (QED) is 0.696. The van der Waals surface area contributed by atoms with E-state index in [9.17, 15) is 4.79 Å². The molecule has 0 atom stereocenters. The van der Waals surface area contributed by atoms with Crippen LogP contribution in [-0.2, 0) is 11.3 Å². The molecule has 1 aromatic carbocycles. The zero-order valence-electron chi connectivity index (χ0n) is 10.1. The minimum Gasteiger partial charge on any atom is -0.492 e. The average molecular weight is 237 g/mol. The van der Waals surface area contributed by atoms with Crippen molar-refractivity contribution in [3.63, 3.8) is 0 Å². The second kappa shape index (κ2) is 6.88. The van der Waals surface area contributed by atoms with Crippen LogP contribution in [0.15, 0.2) is 24.3 Å². The molecule has 1 aromatic rings. The van der Waals surface area contributed by atoms with E-state index in [0.29, 0.717) is 19.7 Å². The van der Waals surface area contributed by atoms with Gasteiger partial charge < -0.3 is 16.2 Å². The minimum absolute atomic E-state index is 0.242. The Balaban J connectivity index is 2.32. The summed E-state index contributed by atoms with van der Waals surface area (Å²) >= 11 is 0. The summed E-state index contributed by atoms with van der Waals surface area (Å²) in [4.78, 5) is 12.5. The van der Waals surface area contributed by atoms with Gasteiger partial charge in [0.05, 0.1) is 6.54 Å². The van der Waals surface area contributed by atoms with Crippen LogP contribution in [0.1, 0.15) is 5.56 Å². The summed E-state index contributed by atoms with van der Waals surface area (Å²) in [5.41, 5.74) is 11.6. The fourth-order valence-corrected chi connectivity index (χ4v) is 1.43. The van der Waals surface area contributed by atoms with Crippen LogP contribution in [0.5, 0.6) is 5.75 Å². The summed E-state index contributed by atoms with van der Waals surface area (Å²) in [5.74, 6) is 0.457. The van der Waals surface area contributed by atoms with Gasteiger partial charge in [-0.1, -0.05) is 12.1 Å². The Morgan fingerprint density at radius 3 is 2.88 bits per heavy atom. The van der Waals surface area contributed by atoms with E-state index >= 15 is 0 Å². The predicted molar refractivity (Wildman–Crippen MR) is 66.5 cm³/mol. The van der Waals surface area contributed by atoms with E-state index in [0.717, 1.165) is 11.3 Å². The van der Waals surface area contributed by atoms with Gasteiger partial charge in [-0.05, 0) is 24.7 Å². The van der Waals surface area contributed by atoms with Crippen LogP contribution in [0.25, 0.3) is 0 Å². The van der Waals surface area contributed by atoms with Gasteiger partial charge in [-0.15, -0.1) is 0 Å². The zero-order valence-corrected chi connectivity index (χ0v) is 10.1. The number of nitrogens with zero attached hydrogens (tertiary/aromatic N) is 1. The third-order valence-electron chi connectivity index (χ3n) is 2.30. The van der Waals surface area contributed by atoms with Crippen LogP contribution in [0, 0.1) is 0 Å². The Morgan fingerprint density at radius 2 is 2.24 bits per heavy atom. The number of likely N-dealkylation sites (N-methyl/N-ethyl adjacent to an activating group) is 1. The van der Waals surface area contributed by atoms with Gasteiger partial charge in [0.1, 0.15) is 12.4 Å². The van der Waals surface area contributed by atoms with Crippen molar-refractivity contribution in [3.8, 4) is 5.75 Å². The van der Waals surface area contributed by atoms with Crippen molar-refractivity contribution in [2.24, 2.45) is 11.5 Å². The monoisotopic (exact) mass is 237 g/mol. The lowest BCUT2D eigenvalue weighted by Crippen LogP contribution is -2.33. The first kappa shape index (κ1) is 13.5. The van der Waals surface area contributed by atoms with Crippen LogP contribution in [0.2, 0.25) is 0 Å². The van der Waals surface area contributed by atoms with E-state index in [-0.39, 0.29) is 12.5 Å². The molecule has 0 aliphatic rings. The molecular weight excluding hydrogens is 218 g/mol. The summed E-state index contributed by atoms with van der Waals surface area (Å²) in [7, 11) is 1.82. The molecule has 0 aromatic heterocycles. The minimum atomic E-state index is -0.336. The molecule has 0 saturated heterocycles. The molecule has 0 unspecified atom stereocenters. The zero-order chi connectivity index (χ0) is 12.7. The molecule has 1 amide bonds. The van der Waals surface area contributed by atoms with Crippen molar-refractivity contribution >= 4 is 5.91 Å². The topological polar surface area (TPSA) is 81.6 Å². The van der Waals surface area contributed by atoms with Gasteiger partial charge in [0.2, 0.25) is 5.91 Å². The Hall–Kier alpha value is -1.59. The summed E-state index contributed by atoms with van der Waals surface area (Å²) in [6.45, 7) is 1.90. The first-order valence-electron chi connectivity index (χ1n) is 5.50.